The molecule has 1 aliphatic carbocycles. The van der Waals surface area contributed by atoms with E-state index < -0.39 is 0 Å². The maximum Gasteiger partial charge on any atom is 0.312 e. The van der Waals surface area contributed by atoms with Gasteiger partial charge < -0.3 is 20.2 Å². The number of fused-ring (bicyclic) bond motifs is 1. The second kappa shape index (κ2) is 7.58. The Morgan fingerprint density at radius 1 is 1.20 bits per heavy atom. The minimum atomic E-state index is 0.102. The van der Waals surface area contributed by atoms with E-state index in [2.05, 4.69) is 35.8 Å². The van der Waals surface area contributed by atoms with Crippen molar-refractivity contribution in [2.75, 3.05) is 17.7 Å². The van der Waals surface area contributed by atoms with Gasteiger partial charge >= 0.3 is 6.01 Å². The second-order valence-corrected chi connectivity index (χ2v) is 7.16. The van der Waals surface area contributed by atoms with Gasteiger partial charge in [-0.1, -0.05) is 10.3 Å². The van der Waals surface area contributed by atoms with Crippen molar-refractivity contribution in [2.24, 2.45) is 0 Å². The first-order valence-corrected chi connectivity index (χ1v) is 9.86. The third-order valence-corrected chi connectivity index (χ3v) is 5.16. The van der Waals surface area contributed by atoms with Crippen molar-refractivity contribution in [3.8, 4) is 11.4 Å². The quantitative estimate of drug-likeness (QED) is 0.489. The molecule has 3 aromatic heterocycles. The molecule has 0 spiro atoms. The topological polar surface area (TPSA) is 143 Å². The van der Waals surface area contributed by atoms with Gasteiger partial charge in [0.1, 0.15) is 5.75 Å². The Balaban J connectivity index is 1.34. The van der Waals surface area contributed by atoms with Gasteiger partial charge in [-0.3, -0.25) is 0 Å². The van der Waals surface area contributed by atoms with E-state index >= 15 is 0 Å². The molecule has 11 nitrogen and oxygen atoms in total. The Morgan fingerprint density at radius 3 is 2.83 bits per heavy atom. The van der Waals surface area contributed by atoms with Crippen LogP contribution in [0.1, 0.15) is 38.0 Å². The molecule has 1 aliphatic rings. The molecule has 30 heavy (non-hydrogen) atoms. The number of nitrogens with one attached hydrogen (secondary N) is 1. The van der Waals surface area contributed by atoms with Crippen LogP contribution < -0.4 is 15.8 Å². The summed E-state index contributed by atoms with van der Waals surface area (Å²) in [5.74, 6) is 2.12. The molecule has 11 heteroatoms. The minimum absolute atomic E-state index is 0.102. The fraction of sp³-hybridized carbons (Fsp3) is 0.368. The van der Waals surface area contributed by atoms with Crippen molar-refractivity contribution in [2.45, 2.75) is 38.1 Å². The van der Waals surface area contributed by atoms with Gasteiger partial charge in [-0.2, -0.15) is 9.67 Å². The molecule has 0 amide bonds. The summed E-state index contributed by atoms with van der Waals surface area (Å²) in [5.41, 5.74) is 7.64. The highest BCUT2D eigenvalue weighted by Gasteiger charge is 2.30. The maximum atomic E-state index is 5.54. The number of rotatable bonds is 6. The summed E-state index contributed by atoms with van der Waals surface area (Å²) in [6.45, 7) is 2.57. The van der Waals surface area contributed by atoms with E-state index in [0.717, 1.165) is 30.7 Å². The van der Waals surface area contributed by atoms with E-state index in [0.29, 0.717) is 29.6 Å². The molecule has 1 fully saturated rings. The molecule has 4 aromatic rings. The molecule has 154 valence electrons. The number of ether oxygens (including phenoxy) is 1. The highest BCUT2D eigenvalue weighted by molar-refractivity contribution is 5.72. The number of anilines is 2. The Kier molecular flexibility index (Phi) is 4.62. The fourth-order valence-electron chi connectivity index (χ4n) is 3.75. The molecule has 3 N–H and O–H groups in total. The van der Waals surface area contributed by atoms with Crippen molar-refractivity contribution in [3.05, 3.63) is 36.4 Å². The van der Waals surface area contributed by atoms with Gasteiger partial charge in [-0.05, 0) is 50.5 Å². The lowest BCUT2D eigenvalue weighted by molar-refractivity contribution is 0.340. The first-order chi connectivity index (χ1) is 14.7. The van der Waals surface area contributed by atoms with Crippen LogP contribution in [0.4, 0.5) is 12.0 Å². The lowest BCUT2D eigenvalue weighted by Gasteiger charge is -2.12. The van der Waals surface area contributed by atoms with Crippen LogP contribution >= 0.6 is 0 Å². The lowest BCUT2D eigenvalue weighted by atomic mass is 10.1. The zero-order valence-electron chi connectivity index (χ0n) is 16.4. The van der Waals surface area contributed by atoms with Crippen LogP contribution in [0.3, 0.4) is 0 Å². The molecule has 5 rings (SSSR count). The minimum Gasteiger partial charge on any atom is -0.494 e. The van der Waals surface area contributed by atoms with Crippen LogP contribution in [0, 0.1) is 0 Å². The van der Waals surface area contributed by atoms with Gasteiger partial charge in [0.05, 0.1) is 18.5 Å². The number of nitrogen functional groups attached to an aromatic ring is 1. The van der Waals surface area contributed by atoms with Crippen LogP contribution in [0.15, 0.2) is 34.9 Å². The lowest BCUT2D eigenvalue weighted by Crippen LogP contribution is -2.17. The Labute approximate surface area is 171 Å². The smallest absolute Gasteiger partial charge is 0.312 e. The summed E-state index contributed by atoms with van der Waals surface area (Å²) in [6, 6.07) is 7.95. The third kappa shape index (κ3) is 3.49. The van der Waals surface area contributed by atoms with Crippen molar-refractivity contribution in [3.63, 3.8) is 0 Å². The maximum absolute atomic E-state index is 5.54. The molecule has 0 bridgehead atoms. The van der Waals surface area contributed by atoms with Gasteiger partial charge in [-0.25, -0.2) is 4.98 Å². The van der Waals surface area contributed by atoms with Gasteiger partial charge in [0.2, 0.25) is 11.8 Å². The molecule has 3 heterocycles. The molecule has 1 saturated carbocycles. The summed E-state index contributed by atoms with van der Waals surface area (Å²) in [7, 11) is 0. The summed E-state index contributed by atoms with van der Waals surface area (Å²) in [4.78, 5) is 9.04. The zero-order valence-corrected chi connectivity index (χ0v) is 16.4. The first kappa shape index (κ1) is 18.3. The van der Waals surface area contributed by atoms with E-state index in [4.69, 9.17) is 14.9 Å². The van der Waals surface area contributed by atoms with Crippen molar-refractivity contribution in [1.82, 2.24) is 35.2 Å². The van der Waals surface area contributed by atoms with Gasteiger partial charge in [-0.15, -0.1) is 10.2 Å². The molecular formula is C19H21N9O2. The Morgan fingerprint density at radius 2 is 2.07 bits per heavy atom. The normalized spacial score (nSPS) is 18.7. The number of aromatic nitrogens is 7. The van der Waals surface area contributed by atoms with Crippen LogP contribution in [-0.2, 0) is 0 Å². The van der Waals surface area contributed by atoms with Gasteiger partial charge in [0.25, 0.3) is 0 Å². The summed E-state index contributed by atoms with van der Waals surface area (Å²) in [6.07, 6.45) is 4.41. The number of hydrogen-bond acceptors (Lipinski definition) is 10. The van der Waals surface area contributed by atoms with Crippen molar-refractivity contribution < 1.29 is 9.15 Å². The molecule has 0 radical (unpaired) electrons. The van der Waals surface area contributed by atoms with E-state index in [1.807, 2.05) is 31.2 Å². The van der Waals surface area contributed by atoms with Crippen LogP contribution in [0.25, 0.3) is 16.9 Å². The average Bonchev–Trinajstić information content (AvgIpc) is 3.48. The van der Waals surface area contributed by atoms with Gasteiger partial charge in [0.15, 0.2) is 11.2 Å². The number of nitrogens with zero attached hydrogens (tertiary/aromatic N) is 7. The zero-order chi connectivity index (χ0) is 20.5. The number of nitrogens with two attached hydrogens (primary N) is 1. The van der Waals surface area contributed by atoms with Crippen molar-refractivity contribution >= 4 is 23.1 Å². The van der Waals surface area contributed by atoms with E-state index in [-0.39, 0.29) is 18.0 Å². The Bertz CT molecular complexity index is 1150. The van der Waals surface area contributed by atoms with Crippen molar-refractivity contribution in [1.29, 1.82) is 0 Å². The highest BCUT2D eigenvalue weighted by Crippen LogP contribution is 2.35. The predicted octanol–water partition coefficient (Wildman–Crippen LogP) is 2.32. The fourth-order valence-corrected chi connectivity index (χ4v) is 3.75. The Hall–Kier alpha value is -3.76. The van der Waals surface area contributed by atoms with Crippen LogP contribution in [0.5, 0.6) is 5.75 Å². The van der Waals surface area contributed by atoms with Crippen LogP contribution in [0.2, 0.25) is 0 Å². The summed E-state index contributed by atoms with van der Waals surface area (Å²) in [5, 5.41) is 19.5. The molecule has 1 aromatic carbocycles. The van der Waals surface area contributed by atoms with E-state index in [1.165, 1.54) is 0 Å². The highest BCUT2D eigenvalue weighted by atomic mass is 16.5. The molecule has 0 aliphatic heterocycles. The summed E-state index contributed by atoms with van der Waals surface area (Å²) >= 11 is 0. The molecule has 2 atom stereocenters. The first-order valence-electron chi connectivity index (χ1n) is 9.86. The van der Waals surface area contributed by atoms with Crippen LogP contribution in [-0.4, -0.2) is 47.8 Å². The van der Waals surface area contributed by atoms with E-state index in [1.54, 1.807) is 10.9 Å². The molecule has 1 unspecified atom stereocenters. The average molecular weight is 407 g/mol. The number of hydrogen-bond donors (Lipinski definition) is 2. The largest absolute Gasteiger partial charge is 0.494 e. The third-order valence-electron chi connectivity index (χ3n) is 5.16. The molecular weight excluding hydrogens is 386 g/mol. The van der Waals surface area contributed by atoms with Gasteiger partial charge in [0, 0.05) is 12.0 Å². The molecule has 0 saturated heterocycles. The SMILES string of the molecule is CCOc1ccc(-n2nnc3cnc(NC4CC[C@@H](c5nnc(N)o5)C4)nc32)cc1. The monoisotopic (exact) mass is 407 g/mol. The standard InChI is InChI=1S/C19H21N9O2/c1-2-29-14-7-5-13(6-8-14)28-16-15(24-27-28)10-21-19(23-16)22-12-4-3-11(9-12)17-25-26-18(20)30-17/h5-8,10-12H,2-4,9H2,1H3,(H2,20,26)(H,21,22,23)/t11-,12?/m1/s1. The number of benzene rings is 1. The predicted molar refractivity (Wildman–Crippen MR) is 108 cm³/mol. The second-order valence-electron chi connectivity index (χ2n) is 7.16. The van der Waals surface area contributed by atoms with E-state index in [9.17, 15) is 0 Å². The summed E-state index contributed by atoms with van der Waals surface area (Å²) < 4.78 is 12.6.